The van der Waals surface area contributed by atoms with Crippen molar-refractivity contribution in [3.05, 3.63) is 0 Å². The lowest BCUT2D eigenvalue weighted by atomic mass is 9.77. The van der Waals surface area contributed by atoms with Gasteiger partial charge in [-0.25, -0.2) is 0 Å². The molecule has 1 N–H and O–H groups in total. The van der Waals surface area contributed by atoms with Crippen LogP contribution in [0, 0.1) is 5.41 Å². The number of carbonyl (C=O) groups is 1. The van der Waals surface area contributed by atoms with Gasteiger partial charge in [0.1, 0.15) is 0 Å². The van der Waals surface area contributed by atoms with Crippen LogP contribution in [0.3, 0.4) is 0 Å². The summed E-state index contributed by atoms with van der Waals surface area (Å²) in [4.78, 5) is 16.5. The molecule has 2 aliphatic rings. The van der Waals surface area contributed by atoms with Crippen LogP contribution in [0.1, 0.15) is 45.4 Å². The third-order valence-corrected chi connectivity index (χ3v) is 5.17. The van der Waals surface area contributed by atoms with Crippen molar-refractivity contribution in [2.45, 2.75) is 51.5 Å². The molecular weight excluding hydrogens is 240 g/mol. The fourth-order valence-corrected chi connectivity index (χ4v) is 3.68. The van der Waals surface area contributed by atoms with Crippen LogP contribution in [0.2, 0.25) is 0 Å². The first-order chi connectivity index (χ1) is 9.07. The summed E-state index contributed by atoms with van der Waals surface area (Å²) < 4.78 is 0. The van der Waals surface area contributed by atoms with Crippen molar-refractivity contribution >= 4 is 5.97 Å². The van der Waals surface area contributed by atoms with Gasteiger partial charge in [-0.3, -0.25) is 9.69 Å². The molecule has 0 aromatic carbocycles. The SMILES string of the molecule is CCC1(C(=O)O)CCCN(C2CCCN(C)CC2)C1. The van der Waals surface area contributed by atoms with E-state index in [0.29, 0.717) is 6.04 Å². The molecule has 0 aliphatic carbocycles. The number of likely N-dealkylation sites (tertiary alicyclic amines) is 2. The molecule has 0 aromatic heterocycles. The molecule has 0 aromatic rings. The van der Waals surface area contributed by atoms with Crippen molar-refractivity contribution in [1.29, 1.82) is 0 Å². The van der Waals surface area contributed by atoms with Gasteiger partial charge < -0.3 is 10.0 Å². The zero-order valence-electron chi connectivity index (χ0n) is 12.4. The molecule has 2 unspecified atom stereocenters. The van der Waals surface area contributed by atoms with Crippen molar-refractivity contribution < 1.29 is 9.90 Å². The van der Waals surface area contributed by atoms with Crippen molar-refractivity contribution in [1.82, 2.24) is 9.80 Å². The van der Waals surface area contributed by atoms with Gasteiger partial charge in [0.2, 0.25) is 0 Å². The summed E-state index contributed by atoms with van der Waals surface area (Å²) >= 11 is 0. The predicted octanol–water partition coefficient (Wildman–Crippen LogP) is 2.05. The molecule has 2 rings (SSSR count). The lowest BCUT2D eigenvalue weighted by Gasteiger charge is -2.43. The number of carboxylic acids is 1. The molecule has 2 atom stereocenters. The zero-order chi connectivity index (χ0) is 13.9. The highest BCUT2D eigenvalue weighted by Crippen LogP contribution is 2.35. The Bertz CT molecular complexity index is 321. The van der Waals surface area contributed by atoms with Gasteiger partial charge in [0.25, 0.3) is 0 Å². The van der Waals surface area contributed by atoms with E-state index in [1.54, 1.807) is 0 Å². The summed E-state index contributed by atoms with van der Waals surface area (Å²) in [6, 6.07) is 0.593. The second-order valence-electron chi connectivity index (χ2n) is 6.40. The van der Waals surface area contributed by atoms with Gasteiger partial charge >= 0.3 is 5.97 Å². The van der Waals surface area contributed by atoms with Crippen molar-refractivity contribution in [3.8, 4) is 0 Å². The Morgan fingerprint density at radius 1 is 1.26 bits per heavy atom. The van der Waals surface area contributed by atoms with Gasteiger partial charge in [0, 0.05) is 12.6 Å². The Morgan fingerprint density at radius 3 is 2.74 bits per heavy atom. The summed E-state index contributed by atoms with van der Waals surface area (Å²) in [6.45, 7) is 6.20. The van der Waals surface area contributed by atoms with Crippen molar-refractivity contribution in [2.75, 3.05) is 33.2 Å². The average molecular weight is 268 g/mol. The molecule has 0 spiro atoms. The predicted molar refractivity (Wildman–Crippen MR) is 76.3 cm³/mol. The first-order valence-electron chi connectivity index (χ1n) is 7.73. The molecule has 110 valence electrons. The summed E-state index contributed by atoms with van der Waals surface area (Å²) in [5, 5.41) is 9.57. The van der Waals surface area contributed by atoms with Crippen LogP contribution >= 0.6 is 0 Å². The van der Waals surface area contributed by atoms with Crippen LogP contribution in [0.5, 0.6) is 0 Å². The van der Waals surface area contributed by atoms with E-state index in [9.17, 15) is 9.90 Å². The minimum atomic E-state index is -0.592. The van der Waals surface area contributed by atoms with Crippen molar-refractivity contribution in [3.63, 3.8) is 0 Å². The summed E-state index contributed by atoms with van der Waals surface area (Å²) in [6.07, 6.45) is 6.30. The maximum Gasteiger partial charge on any atom is 0.310 e. The summed E-state index contributed by atoms with van der Waals surface area (Å²) in [5.74, 6) is -0.592. The number of hydrogen-bond acceptors (Lipinski definition) is 3. The molecule has 2 aliphatic heterocycles. The maximum atomic E-state index is 11.6. The van der Waals surface area contributed by atoms with Crippen LogP contribution in [0.15, 0.2) is 0 Å². The third-order valence-electron chi connectivity index (χ3n) is 5.17. The first kappa shape index (κ1) is 14.8. The van der Waals surface area contributed by atoms with E-state index in [1.165, 1.54) is 25.8 Å². The van der Waals surface area contributed by atoms with Gasteiger partial charge in [-0.05, 0) is 65.2 Å². The normalized spacial score (nSPS) is 34.9. The number of rotatable bonds is 3. The van der Waals surface area contributed by atoms with E-state index in [4.69, 9.17) is 0 Å². The van der Waals surface area contributed by atoms with E-state index < -0.39 is 11.4 Å². The van der Waals surface area contributed by atoms with Gasteiger partial charge in [-0.15, -0.1) is 0 Å². The van der Waals surface area contributed by atoms with Crippen LogP contribution in [-0.4, -0.2) is 60.1 Å². The highest BCUT2D eigenvalue weighted by molar-refractivity contribution is 5.75. The van der Waals surface area contributed by atoms with E-state index in [-0.39, 0.29) is 0 Å². The summed E-state index contributed by atoms with van der Waals surface area (Å²) in [7, 11) is 2.19. The van der Waals surface area contributed by atoms with E-state index in [0.717, 1.165) is 38.9 Å². The largest absolute Gasteiger partial charge is 0.481 e. The quantitative estimate of drug-likeness (QED) is 0.851. The standard InChI is InChI=1S/C15H28N2O2/c1-3-15(14(18)19)8-5-10-17(12-15)13-6-4-9-16(2)11-7-13/h13H,3-12H2,1-2H3,(H,18,19). The molecule has 2 saturated heterocycles. The lowest BCUT2D eigenvalue weighted by molar-refractivity contribution is -0.153. The van der Waals surface area contributed by atoms with Gasteiger partial charge in [0.05, 0.1) is 5.41 Å². The summed E-state index contributed by atoms with van der Waals surface area (Å²) in [5.41, 5.74) is -0.490. The second-order valence-corrected chi connectivity index (χ2v) is 6.40. The van der Waals surface area contributed by atoms with Crippen LogP contribution in [0.25, 0.3) is 0 Å². The number of hydrogen-bond donors (Lipinski definition) is 1. The fourth-order valence-electron chi connectivity index (χ4n) is 3.68. The molecule has 0 radical (unpaired) electrons. The van der Waals surface area contributed by atoms with Crippen molar-refractivity contribution in [2.24, 2.45) is 5.41 Å². The molecule has 2 fully saturated rings. The minimum absolute atomic E-state index is 0.490. The monoisotopic (exact) mass is 268 g/mol. The highest BCUT2D eigenvalue weighted by atomic mass is 16.4. The molecule has 0 amide bonds. The van der Waals surface area contributed by atoms with Gasteiger partial charge in [0.15, 0.2) is 0 Å². The molecule has 2 heterocycles. The Kier molecular flexibility index (Phi) is 4.85. The Labute approximate surface area is 116 Å². The highest BCUT2D eigenvalue weighted by Gasteiger charge is 2.42. The first-order valence-corrected chi connectivity index (χ1v) is 7.73. The van der Waals surface area contributed by atoms with Crippen LogP contribution in [0.4, 0.5) is 0 Å². The molecule has 0 bridgehead atoms. The number of carboxylic acid groups (broad SMARTS) is 1. The van der Waals surface area contributed by atoms with Crippen LogP contribution in [-0.2, 0) is 4.79 Å². The van der Waals surface area contributed by atoms with Gasteiger partial charge in [-0.2, -0.15) is 0 Å². The lowest BCUT2D eigenvalue weighted by Crippen LogP contribution is -2.51. The van der Waals surface area contributed by atoms with E-state index in [1.807, 2.05) is 6.92 Å². The fraction of sp³-hybridized carbons (Fsp3) is 0.933. The van der Waals surface area contributed by atoms with Crippen LogP contribution < -0.4 is 0 Å². The zero-order valence-corrected chi connectivity index (χ0v) is 12.4. The van der Waals surface area contributed by atoms with E-state index in [2.05, 4.69) is 16.8 Å². The smallest absolute Gasteiger partial charge is 0.310 e. The Balaban J connectivity index is 2.02. The molecule has 19 heavy (non-hydrogen) atoms. The molecule has 4 heteroatoms. The van der Waals surface area contributed by atoms with E-state index >= 15 is 0 Å². The number of piperidine rings is 1. The Morgan fingerprint density at radius 2 is 2.05 bits per heavy atom. The number of nitrogens with zero attached hydrogens (tertiary/aromatic N) is 2. The number of aliphatic carboxylic acids is 1. The maximum absolute atomic E-state index is 11.6. The molecular formula is C15H28N2O2. The molecule has 0 saturated carbocycles. The second kappa shape index (κ2) is 6.23. The topological polar surface area (TPSA) is 43.8 Å². The average Bonchev–Trinajstić information content (AvgIpc) is 2.63. The minimum Gasteiger partial charge on any atom is -0.481 e. The third kappa shape index (κ3) is 3.29. The molecule has 4 nitrogen and oxygen atoms in total. The van der Waals surface area contributed by atoms with Gasteiger partial charge in [-0.1, -0.05) is 6.92 Å². The Hall–Kier alpha value is -0.610.